The van der Waals surface area contributed by atoms with Crippen LogP contribution in [0.3, 0.4) is 0 Å². The predicted molar refractivity (Wildman–Crippen MR) is 104 cm³/mol. The second kappa shape index (κ2) is 8.16. The zero-order valence-electron chi connectivity index (χ0n) is 13.8. The summed E-state index contributed by atoms with van der Waals surface area (Å²) in [6, 6.07) is 13.8. The fourth-order valence-electron chi connectivity index (χ4n) is 2.28. The number of rotatable bonds is 5. The molecule has 2 aromatic heterocycles. The Morgan fingerprint density at radius 1 is 1.24 bits per heavy atom. The lowest BCUT2D eigenvalue weighted by atomic mass is 10.1. The van der Waals surface area contributed by atoms with E-state index in [0.717, 1.165) is 29.1 Å². The van der Waals surface area contributed by atoms with E-state index in [1.807, 2.05) is 60.3 Å². The highest BCUT2D eigenvalue weighted by molar-refractivity contribution is 7.80. The summed E-state index contributed by atoms with van der Waals surface area (Å²) in [5, 5.41) is 12.4. The Hall–Kier alpha value is -3.06. The van der Waals surface area contributed by atoms with Crippen molar-refractivity contribution in [3.05, 3.63) is 66.6 Å². The summed E-state index contributed by atoms with van der Waals surface area (Å²) in [5.74, 6) is 0. The van der Waals surface area contributed by atoms with Gasteiger partial charge < -0.3 is 5.32 Å². The Morgan fingerprint density at radius 2 is 2.08 bits per heavy atom. The smallest absolute Gasteiger partial charge is 0.186 e. The van der Waals surface area contributed by atoms with Crippen molar-refractivity contribution in [1.29, 1.82) is 0 Å². The molecule has 3 rings (SSSR count). The summed E-state index contributed by atoms with van der Waals surface area (Å²) in [6.45, 7) is 2.72. The van der Waals surface area contributed by atoms with Crippen LogP contribution in [0.15, 0.2) is 66.2 Å². The zero-order valence-corrected chi connectivity index (χ0v) is 14.6. The minimum atomic E-state index is 0.483. The second-order valence-corrected chi connectivity index (χ2v) is 5.59. The monoisotopic (exact) mass is 350 g/mol. The van der Waals surface area contributed by atoms with E-state index in [4.69, 9.17) is 17.3 Å². The third-order valence-electron chi connectivity index (χ3n) is 3.41. The van der Waals surface area contributed by atoms with Gasteiger partial charge in [-0.05, 0) is 43.4 Å². The number of nitrogens with one attached hydrogen (secondary N) is 2. The van der Waals surface area contributed by atoms with Crippen molar-refractivity contribution >= 4 is 23.5 Å². The highest BCUT2D eigenvalue weighted by atomic mass is 32.1. The average molecular weight is 350 g/mol. The summed E-state index contributed by atoms with van der Waals surface area (Å²) in [7, 11) is 0. The molecule has 0 radical (unpaired) electrons. The van der Waals surface area contributed by atoms with Gasteiger partial charge in [0.15, 0.2) is 5.11 Å². The molecule has 0 aliphatic heterocycles. The van der Waals surface area contributed by atoms with Gasteiger partial charge in [0.05, 0.1) is 11.9 Å². The van der Waals surface area contributed by atoms with Gasteiger partial charge in [0.2, 0.25) is 0 Å². The number of pyridine rings is 1. The molecule has 0 amide bonds. The normalized spacial score (nSPS) is 10.8. The maximum atomic E-state index is 5.11. The first-order valence-electron chi connectivity index (χ1n) is 7.90. The standard InChI is InChI=1S/C18H18N6S/c1-2-20-18(25)22-21-12-15-13-24(16-8-4-3-5-9-16)23-17(15)14-7-6-10-19-11-14/h3-13H,2H2,1H3,(H2,20,22,25). The van der Waals surface area contributed by atoms with Crippen LogP contribution in [-0.2, 0) is 0 Å². The molecule has 3 aromatic rings. The van der Waals surface area contributed by atoms with E-state index in [-0.39, 0.29) is 0 Å². The van der Waals surface area contributed by atoms with Crippen LogP contribution in [0, 0.1) is 0 Å². The molecule has 25 heavy (non-hydrogen) atoms. The molecule has 0 bridgehead atoms. The van der Waals surface area contributed by atoms with Gasteiger partial charge in [0, 0.05) is 36.3 Å². The maximum Gasteiger partial charge on any atom is 0.186 e. The van der Waals surface area contributed by atoms with Gasteiger partial charge in [0.25, 0.3) is 0 Å². The average Bonchev–Trinajstić information content (AvgIpc) is 3.08. The number of para-hydroxylation sites is 1. The molecule has 7 heteroatoms. The number of nitrogens with zero attached hydrogens (tertiary/aromatic N) is 4. The molecule has 6 nitrogen and oxygen atoms in total. The van der Waals surface area contributed by atoms with E-state index in [0.29, 0.717) is 5.11 Å². The number of hydrogen-bond donors (Lipinski definition) is 2. The van der Waals surface area contributed by atoms with Gasteiger partial charge in [-0.1, -0.05) is 18.2 Å². The van der Waals surface area contributed by atoms with Gasteiger partial charge in [-0.3, -0.25) is 10.4 Å². The Kier molecular flexibility index (Phi) is 5.48. The number of hydrazone groups is 1. The van der Waals surface area contributed by atoms with Crippen LogP contribution in [0.2, 0.25) is 0 Å². The van der Waals surface area contributed by atoms with Gasteiger partial charge in [-0.2, -0.15) is 10.2 Å². The largest absolute Gasteiger partial charge is 0.362 e. The second-order valence-electron chi connectivity index (χ2n) is 5.18. The molecule has 0 aliphatic rings. The Balaban J connectivity index is 1.93. The summed E-state index contributed by atoms with van der Waals surface area (Å²) < 4.78 is 1.83. The fourth-order valence-corrected chi connectivity index (χ4v) is 2.48. The summed E-state index contributed by atoms with van der Waals surface area (Å²) in [6.07, 6.45) is 7.16. The van der Waals surface area contributed by atoms with Crippen molar-refractivity contribution in [3.63, 3.8) is 0 Å². The minimum Gasteiger partial charge on any atom is -0.362 e. The molecule has 0 saturated heterocycles. The zero-order chi connectivity index (χ0) is 17.5. The quantitative estimate of drug-likeness (QED) is 0.421. The molecule has 0 aliphatic carbocycles. The first-order chi connectivity index (χ1) is 12.3. The molecule has 0 unspecified atom stereocenters. The highest BCUT2D eigenvalue weighted by Crippen LogP contribution is 2.21. The van der Waals surface area contributed by atoms with Crippen LogP contribution in [0.4, 0.5) is 0 Å². The van der Waals surface area contributed by atoms with Gasteiger partial charge >= 0.3 is 0 Å². The topological polar surface area (TPSA) is 67.1 Å². The number of thiocarbonyl (C=S) groups is 1. The lowest BCUT2D eigenvalue weighted by molar-refractivity contribution is 0.884. The van der Waals surface area contributed by atoms with Crippen LogP contribution < -0.4 is 10.7 Å². The third-order valence-corrected chi connectivity index (χ3v) is 3.64. The lowest BCUT2D eigenvalue weighted by Gasteiger charge is -2.02. The van der Waals surface area contributed by atoms with Crippen molar-refractivity contribution in [3.8, 4) is 16.9 Å². The van der Waals surface area contributed by atoms with E-state index >= 15 is 0 Å². The lowest BCUT2D eigenvalue weighted by Crippen LogP contribution is -2.31. The number of benzene rings is 1. The van der Waals surface area contributed by atoms with Crippen molar-refractivity contribution in [2.24, 2.45) is 5.10 Å². The molecule has 0 atom stereocenters. The number of hydrogen-bond acceptors (Lipinski definition) is 4. The van der Waals surface area contributed by atoms with Crippen LogP contribution >= 0.6 is 12.2 Å². The first kappa shape index (κ1) is 16.8. The van der Waals surface area contributed by atoms with Crippen molar-refractivity contribution < 1.29 is 0 Å². The molecule has 0 saturated carbocycles. The molecular weight excluding hydrogens is 332 g/mol. The van der Waals surface area contributed by atoms with Crippen molar-refractivity contribution in [2.45, 2.75) is 6.92 Å². The maximum absolute atomic E-state index is 5.11. The summed E-state index contributed by atoms with van der Waals surface area (Å²) in [5.41, 5.74) is 6.36. The molecule has 2 heterocycles. The molecule has 2 N–H and O–H groups in total. The third kappa shape index (κ3) is 4.27. The Morgan fingerprint density at radius 3 is 2.80 bits per heavy atom. The van der Waals surface area contributed by atoms with Crippen LogP contribution in [0.25, 0.3) is 16.9 Å². The molecule has 126 valence electrons. The van der Waals surface area contributed by atoms with E-state index in [9.17, 15) is 0 Å². The predicted octanol–water partition coefficient (Wildman–Crippen LogP) is 2.75. The SMILES string of the molecule is CCNC(=S)NN=Cc1cn(-c2ccccc2)nc1-c1cccnc1. The van der Waals surface area contributed by atoms with Gasteiger partial charge in [-0.25, -0.2) is 4.68 Å². The van der Waals surface area contributed by atoms with E-state index in [1.54, 1.807) is 18.6 Å². The van der Waals surface area contributed by atoms with Crippen molar-refractivity contribution in [2.75, 3.05) is 6.54 Å². The van der Waals surface area contributed by atoms with Crippen LogP contribution in [-0.4, -0.2) is 32.6 Å². The Bertz CT molecular complexity index is 858. The van der Waals surface area contributed by atoms with Crippen molar-refractivity contribution in [1.82, 2.24) is 25.5 Å². The summed E-state index contributed by atoms with van der Waals surface area (Å²) in [4.78, 5) is 4.18. The van der Waals surface area contributed by atoms with Gasteiger partial charge in [-0.15, -0.1) is 0 Å². The Labute approximate surface area is 151 Å². The van der Waals surface area contributed by atoms with Gasteiger partial charge in [0.1, 0.15) is 5.69 Å². The molecular formula is C18H18N6S. The molecule has 0 fully saturated rings. The minimum absolute atomic E-state index is 0.483. The summed E-state index contributed by atoms with van der Waals surface area (Å²) >= 11 is 5.11. The van der Waals surface area contributed by atoms with E-state index in [2.05, 4.69) is 20.8 Å². The van der Waals surface area contributed by atoms with E-state index in [1.165, 1.54) is 0 Å². The van der Waals surface area contributed by atoms with Crippen LogP contribution in [0.1, 0.15) is 12.5 Å². The fraction of sp³-hybridized carbons (Fsp3) is 0.111. The van der Waals surface area contributed by atoms with Crippen LogP contribution in [0.5, 0.6) is 0 Å². The molecule has 1 aromatic carbocycles. The first-order valence-corrected chi connectivity index (χ1v) is 8.31. The van der Waals surface area contributed by atoms with E-state index < -0.39 is 0 Å². The number of aromatic nitrogens is 3. The highest BCUT2D eigenvalue weighted by Gasteiger charge is 2.11. The molecule has 0 spiro atoms.